The van der Waals surface area contributed by atoms with E-state index in [0.29, 0.717) is 18.1 Å². The molecular weight excluding hydrogens is 260 g/mol. The molecule has 3 unspecified atom stereocenters. The molecule has 0 spiro atoms. The summed E-state index contributed by atoms with van der Waals surface area (Å²) in [4.78, 5) is 2.69. The zero-order valence-electron chi connectivity index (χ0n) is 13.7. The van der Waals surface area contributed by atoms with Gasteiger partial charge in [0.15, 0.2) is 0 Å². The van der Waals surface area contributed by atoms with Crippen molar-refractivity contribution in [3.8, 4) is 0 Å². The van der Waals surface area contributed by atoms with E-state index in [4.69, 9.17) is 4.74 Å². The van der Waals surface area contributed by atoms with Crippen molar-refractivity contribution in [1.82, 2.24) is 10.2 Å². The second-order valence-corrected chi connectivity index (χ2v) is 6.14. The van der Waals surface area contributed by atoms with Gasteiger partial charge in [0.2, 0.25) is 0 Å². The third kappa shape index (κ3) is 4.53. The van der Waals surface area contributed by atoms with Crippen LogP contribution < -0.4 is 5.32 Å². The van der Waals surface area contributed by atoms with Crippen LogP contribution in [0.25, 0.3) is 0 Å². The predicted octanol–water partition coefficient (Wildman–Crippen LogP) is 3.23. The zero-order chi connectivity index (χ0) is 15.1. The fourth-order valence-electron chi connectivity index (χ4n) is 3.32. The maximum absolute atomic E-state index is 5.27. The van der Waals surface area contributed by atoms with Crippen LogP contribution >= 0.6 is 0 Å². The molecule has 1 aliphatic heterocycles. The van der Waals surface area contributed by atoms with Crippen molar-refractivity contribution in [2.75, 3.05) is 26.8 Å². The van der Waals surface area contributed by atoms with Crippen molar-refractivity contribution in [2.24, 2.45) is 0 Å². The van der Waals surface area contributed by atoms with Gasteiger partial charge in [-0.25, -0.2) is 0 Å². The van der Waals surface area contributed by atoms with E-state index in [-0.39, 0.29) is 0 Å². The number of nitrogens with one attached hydrogen (secondary N) is 1. The lowest BCUT2D eigenvalue weighted by Crippen LogP contribution is -2.55. The molecule has 1 heterocycles. The van der Waals surface area contributed by atoms with Gasteiger partial charge in [-0.2, -0.15) is 0 Å². The number of rotatable bonds is 7. The number of ether oxygens (including phenoxy) is 1. The molecule has 0 aliphatic carbocycles. The second-order valence-electron chi connectivity index (χ2n) is 6.14. The smallest absolute Gasteiger partial charge is 0.0477 e. The largest absolute Gasteiger partial charge is 0.385 e. The number of piperazine rings is 1. The zero-order valence-corrected chi connectivity index (χ0v) is 13.7. The lowest BCUT2D eigenvalue weighted by Gasteiger charge is -2.44. The highest BCUT2D eigenvalue weighted by molar-refractivity contribution is 5.20. The molecule has 1 aliphatic rings. The summed E-state index contributed by atoms with van der Waals surface area (Å²) in [5.74, 6) is 0. The monoisotopic (exact) mass is 290 g/mol. The molecule has 0 amide bonds. The van der Waals surface area contributed by atoms with Gasteiger partial charge in [0, 0.05) is 44.9 Å². The summed E-state index contributed by atoms with van der Waals surface area (Å²) in [5.41, 5.74) is 1.40. The first-order chi connectivity index (χ1) is 10.3. The van der Waals surface area contributed by atoms with Crippen molar-refractivity contribution in [2.45, 2.75) is 51.2 Å². The molecule has 118 valence electrons. The molecule has 1 aromatic rings. The van der Waals surface area contributed by atoms with Gasteiger partial charge in [0.1, 0.15) is 0 Å². The van der Waals surface area contributed by atoms with Crippen LogP contribution in [0.4, 0.5) is 0 Å². The molecule has 3 atom stereocenters. The Kier molecular flexibility index (Phi) is 6.68. The minimum Gasteiger partial charge on any atom is -0.385 e. The predicted molar refractivity (Wildman–Crippen MR) is 88.5 cm³/mol. The van der Waals surface area contributed by atoms with Crippen LogP contribution in [0.2, 0.25) is 0 Å². The fraction of sp³-hybridized carbons (Fsp3) is 0.667. The Morgan fingerprint density at radius 2 is 2.10 bits per heavy atom. The first-order valence-electron chi connectivity index (χ1n) is 8.29. The van der Waals surface area contributed by atoms with E-state index in [2.05, 4.69) is 54.4 Å². The molecule has 1 aromatic carbocycles. The summed E-state index contributed by atoms with van der Waals surface area (Å²) in [5, 5.41) is 3.74. The van der Waals surface area contributed by atoms with Crippen molar-refractivity contribution in [1.29, 1.82) is 0 Å². The van der Waals surface area contributed by atoms with Gasteiger partial charge in [0.25, 0.3) is 0 Å². The third-order valence-electron chi connectivity index (χ3n) is 4.59. The highest BCUT2D eigenvalue weighted by Crippen LogP contribution is 2.24. The summed E-state index contributed by atoms with van der Waals surface area (Å²) < 4.78 is 5.27. The summed E-state index contributed by atoms with van der Waals surface area (Å²) in [6.45, 7) is 7.65. The lowest BCUT2D eigenvalue weighted by atomic mass is 9.97. The average molecular weight is 290 g/mol. The molecule has 3 heteroatoms. The van der Waals surface area contributed by atoms with Crippen molar-refractivity contribution >= 4 is 0 Å². The fourth-order valence-corrected chi connectivity index (χ4v) is 3.32. The molecule has 0 saturated carbocycles. The summed E-state index contributed by atoms with van der Waals surface area (Å²) in [6.07, 6.45) is 3.62. The first kappa shape index (κ1) is 16.5. The van der Waals surface area contributed by atoms with Crippen LogP contribution in [0.5, 0.6) is 0 Å². The molecule has 3 nitrogen and oxygen atoms in total. The van der Waals surface area contributed by atoms with Crippen molar-refractivity contribution in [3.05, 3.63) is 35.9 Å². The highest BCUT2D eigenvalue weighted by atomic mass is 16.5. The van der Waals surface area contributed by atoms with Gasteiger partial charge >= 0.3 is 0 Å². The summed E-state index contributed by atoms with van der Waals surface area (Å²) in [6, 6.07) is 12.5. The summed E-state index contributed by atoms with van der Waals surface area (Å²) >= 11 is 0. The molecule has 2 rings (SSSR count). The van der Waals surface area contributed by atoms with E-state index in [0.717, 1.165) is 26.1 Å². The normalized spacial score (nSPS) is 24.9. The number of hydrogen-bond donors (Lipinski definition) is 1. The van der Waals surface area contributed by atoms with Crippen molar-refractivity contribution < 1.29 is 4.74 Å². The van der Waals surface area contributed by atoms with Crippen molar-refractivity contribution in [3.63, 3.8) is 0 Å². The lowest BCUT2D eigenvalue weighted by molar-refractivity contribution is 0.0633. The SMILES string of the molecule is CCCC1CNC(c2ccccc2)CN1C(C)CCOC. The topological polar surface area (TPSA) is 24.5 Å². The van der Waals surface area contributed by atoms with Gasteiger partial charge in [-0.1, -0.05) is 43.7 Å². The van der Waals surface area contributed by atoms with Gasteiger partial charge in [-0.15, -0.1) is 0 Å². The Labute approximate surface area is 129 Å². The Hall–Kier alpha value is -0.900. The van der Waals surface area contributed by atoms with E-state index in [1.807, 2.05) is 0 Å². The number of benzene rings is 1. The summed E-state index contributed by atoms with van der Waals surface area (Å²) in [7, 11) is 1.79. The van der Waals surface area contributed by atoms with E-state index in [1.165, 1.54) is 18.4 Å². The Morgan fingerprint density at radius 1 is 1.33 bits per heavy atom. The first-order valence-corrected chi connectivity index (χ1v) is 8.29. The number of methoxy groups -OCH3 is 1. The van der Waals surface area contributed by atoms with E-state index in [1.54, 1.807) is 7.11 Å². The molecule has 21 heavy (non-hydrogen) atoms. The maximum Gasteiger partial charge on any atom is 0.0477 e. The van der Waals surface area contributed by atoms with Crippen LogP contribution in [-0.4, -0.2) is 43.8 Å². The standard InChI is InChI=1S/C18H30N2O/c1-4-8-17-13-19-18(16-9-6-5-7-10-16)14-20(17)15(2)11-12-21-3/h5-7,9-10,15,17-19H,4,8,11-14H2,1-3H3. The Bertz CT molecular complexity index is 395. The van der Waals surface area contributed by atoms with Crippen LogP contribution in [0.3, 0.4) is 0 Å². The van der Waals surface area contributed by atoms with E-state index >= 15 is 0 Å². The molecule has 1 fully saturated rings. The number of hydrogen-bond acceptors (Lipinski definition) is 3. The van der Waals surface area contributed by atoms with Crippen LogP contribution in [0.1, 0.15) is 44.7 Å². The molecule has 1 N–H and O–H groups in total. The van der Waals surface area contributed by atoms with E-state index < -0.39 is 0 Å². The third-order valence-corrected chi connectivity index (χ3v) is 4.59. The minimum atomic E-state index is 0.448. The molecule has 0 aromatic heterocycles. The van der Waals surface area contributed by atoms with Crippen LogP contribution in [0.15, 0.2) is 30.3 Å². The van der Waals surface area contributed by atoms with Gasteiger partial charge in [-0.05, 0) is 25.3 Å². The van der Waals surface area contributed by atoms with Crippen LogP contribution in [0, 0.1) is 0 Å². The van der Waals surface area contributed by atoms with E-state index in [9.17, 15) is 0 Å². The molecular formula is C18H30N2O. The maximum atomic E-state index is 5.27. The average Bonchev–Trinajstić information content (AvgIpc) is 2.54. The van der Waals surface area contributed by atoms with Gasteiger partial charge < -0.3 is 10.1 Å². The quantitative estimate of drug-likeness (QED) is 0.834. The van der Waals surface area contributed by atoms with Gasteiger partial charge in [0.05, 0.1) is 0 Å². The molecule has 0 bridgehead atoms. The Balaban J connectivity index is 2.04. The van der Waals surface area contributed by atoms with Gasteiger partial charge in [-0.3, -0.25) is 4.90 Å². The molecule has 0 radical (unpaired) electrons. The highest BCUT2D eigenvalue weighted by Gasteiger charge is 2.30. The molecule has 1 saturated heterocycles. The van der Waals surface area contributed by atoms with Crippen LogP contribution in [-0.2, 0) is 4.74 Å². The second kappa shape index (κ2) is 8.52. The minimum absolute atomic E-state index is 0.448. The Morgan fingerprint density at radius 3 is 2.76 bits per heavy atom. The number of nitrogens with zero attached hydrogens (tertiary/aromatic N) is 1.